The number of benzene rings is 2. The smallest absolute Gasteiger partial charge is 0.139 e. The molecule has 2 bridgehead atoms. The van der Waals surface area contributed by atoms with Crippen molar-refractivity contribution >= 4 is 21.9 Å². The van der Waals surface area contributed by atoms with Crippen molar-refractivity contribution in [3.63, 3.8) is 0 Å². The Morgan fingerprint density at radius 2 is 1.79 bits per heavy atom. The highest BCUT2D eigenvalue weighted by atomic mass is 16.3. The minimum atomic E-state index is 0.395. The SMILES string of the molecule is Cc1ccc2c(oc3ccccc32)c1C1[C@@H](C)N2CCC1(C)CC2. The van der Waals surface area contributed by atoms with E-state index in [1.54, 1.807) is 0 Å². The van der Waals surface area contributed by atoms with Gasteiger partial charge in [0.05, 0.1) is 0 Å². The van der Waals surface area contributed by atoms with Gasteiger partial charge in [-0.15, -0.1) is 0 Å². The van der Waals surface area contributed by atoms with Crippen molar-refractivity contribution in [1.82, 2.24) is 4.90 Å². The molecule has 0 spiro atoms. The van der Waals surface area contributed by atoms with E-state index in [1.807, 2.05) is 0 Å². The molecule has 3 fully saturated rings. The molecular weight excluding hydrogens is 294 g/mol. The molecule has 3 aliphatic rings. The summed E-state index contributed by atoms with van der Waals surface area (Å²) in [5.41, 5.74) is 5.38. The zero-order valence-electron chi connectivity index (χ0n) is 14.8. The molecule has 3 aromatic rings. The van der Waals surface area contributed by atoms with Crippen molar-refractivity contribution in [2.24, 2.45) is 5.41 Å². The minimum Gasteiger partial charge on any atom is -0.456 e. The zero-order chi connectivity index (χ0) is 16.5. The lowest BCUT2D eigenvalue weighted by molar-refractivity contribution is -0.0267. The summed E-state index contributed by atoms with van der Waals surface area (Å²) in [6.07, 6.45) is 2.61. The average molecular weight is 319 g/mol. The summed E-state index contributed by atoms with van der Waals surface area (Å²) in [5.74, 6) is 0.560. The van der Waals surface area contributed by atoms with Gasteiger partial charge in [-0.2, -0.15) is 0 Å². The third kappa shape index (κ3) is 1.81. The number of furan rings is 1. The molecule has 0 radical (unpaired) electrons. The number of hydrogen-bond donors (Lipinski definition) is 0. The van der Waals surface area contributed by atoms with Gasteiger partial charge in [0.2, 0.25) is 0 Å². The van der Waals surface area contributed by atoms with Crippen molar-refractivity contribution in [3.05, 3.63) is 47.5 Å². The minimum absolute atomic E-state index is 0.395. The number of rotatable bonds is 1. The van der Waals surface area contributed by atoms with Gasteiger partial charge in [0.1, 0.15) is 11.2 Å². The third-order valence-electron chi connectivity index (χ3n) is 6.86. The summed E-state index contributed by atoms with van der Waals surface area (Å²) in [7, 11) is 0. The first kappa shape index (κ1) is 14.5. The van der Waals surface area contributed by atoms with Crippen LogP contribution in [0.4, 0.5) is 0 Å². The van der Waals surface area contributed by atoms with Gasteiger partial charge in [0.25, 0.3) is 0 Å². The van der Waals surface area contributed by atoms with Crippen LogP contribution in [0.2, 0.25) is 0 Å². The number of aryl methyl sites for hydroxylation is 1. The van der Waals surface area contributed by atoms with E-state index in [0.29, 0.717) is 17.4 Å². The molecule has 1 aromatic heterocycles. The maximum atomic E-state index is 6.40. The molecule has 2 nitrogen and oxygen atoms in total. The Hall–Kier alpha value is -1.80. The van der Waals surface area contributed by atoms with E-state index in [2.05, 4.69) is 62.1 Å². The van der Waals surface area contributed by atoms with Gasteiger partial charge in [0.15, 0.2) is 0 Å². The second-order valence-electron chi connectivity index (χ2n) is 8.18. The molecular formula is C22H25NO. The molecule has 2 aromatic carbocycles. The van der Waals surface area contributed by atoms with E-state index in [4.69, 9.17) is 4.42 Å². The lowest BCUT2D eigenvalue weighted by Crippen LogP contribution is -2.57. The van der Waals surface area contributed by atoms with Crippen molar-refractivity contribution in [2.75, 3.05) is 13.1 Å². The summed E-state index contributed by atoms with van der Waals surface area (Å²) >= 11 is 0. The van der Waals surface area contributed by atoms with Crippen LogP contribution in [0.15, 0.2) is 40.8 Å². The monoisotopic (exact) mass is 319 g/mol. The molecule has 0 saturated carbocycles. The lowest BCUT2D eigenvalue weighted by atomic mass is 9.60. The standard InChI is InChI=1S/C22H25NO/c1-14-8-9-17-16-6-4-5-7-18(16)24-21(17)19(14)20-15(2)23-12-10-22(20,3)11-13-23/h4-9,15,20H,10-13H2,1-3H3/t15-,20?/m1/s1. The quantitative estimate of drug-likeness (QED) is 0.590. The van der Waals surface area contributed by atoms with Crippen LogP contribution in [0, 0.1) is 12.3 Å². The fraction of sp³-hybridized carbons (Fsp3) is 0.455. The first-order valence-corrected chi connectivity index (χ1v) is 9.23. The third-order valence-corrected chi connectivity index (χ3v) is 6.86. The number of hydrogen-bond acceptors (Lipinski definition) is 2. The Balaban J connectivity index is 1.81. The van der Waals surface area contributed by atoms with Crippen LogP contribution in [-0.4, -0.2) is 24.0 Å². The molecule has 3 saturated heterocycles. The van der Waals surface area contributed by atoms with E-state index in [-0.39, 0.29) is 0 Å². The summed E-state index contributed by atoms with van der Waals surface area (Å²) < 4.78 is 6.40. The predicted octanol–water partition coefficient (Wildman–Crippen LogP) is 5.48. The zero-order valence-corrected chi connectivity index (χ0v) is 14.8. The molecule has 24 heavy (non-hydrogen) atoms. The van der Waals surface area contributed by atoms with Crippen molar-refractivity contribution in [3.8, 4) is 0 Å². The first-order chi connectivity index (χ1) is 11.6. The molecule has 3 aliphatic heterocycles. The van der Waals surface area contributed by atoms with E-state index in [1.165, 1.54) is 47.8 Å². The molecule has 4 heterocycles. The Morgan fingerprint density at radius 1 is 1.04 bits per heavy atom. The molecule has 0 N–H and O–H groups in total. The normalized spacial score (nSPS) is 32.7. The van der Waals surface area contributed by atoms with Gasteiger partial charge >= 0.3 is 0 Å². The van der Waals surface area contributed by atoms with Crippen molar-refractivity contribution < 1.29 is 4.42 Å². The van der Waals surface area contributed by atoms with Gasteiger partial charge in [-0.3, -0.25) is 4.90 Å². The van der Waals surface area contributed by atoms with E-state index < -0.39 is 0 Å². The molecule has 6 rings (SSSR count). The van der Waals surface area contributed by atoms with Gasteiger partial charge < -0.3 is 4.42 Å². The van der Waals surface area contributed by atoms with Crippen LogP contribution in [-0.2, 0) is 0 Å². The van der Waals surface area contributed by atoms with Crippen molar-refractivity contribution in [1.29, 1.82) is 0 Å². The Bertz CT molecular complexity index is 930. The fourth-order valence-electron chi connectivity index (χ4n) is 5.43. The fourth-order valence-corrected chi connectivity index (χ4v) is 5.43. The van der Waals surface area contributed by atoms with Crippen molar-refractivity contribution in [2.45, 2.75) is 45.6 Å². The highest BCUT2D eigenvalue weighted by Gasteiger charge is 2.49. The maximum absolute atomic E-state index is 6.40. The van der Waals surface area contributed by atoms with Gasteiger partial charge in [-0.25, -0.2) is 0 Å². The molecule has 2 heteroatoms. The number of piperidine rings is 3. The van der Waals surface area contributed by atoms with Crippen LogP contribution in [0.1, 0.15) is 43.7 Å². The number of para-hydroxylation sites is 1. The van der Waals surface area contributed by atoms with Gasteiger partial charge in [0, 0.05) is 28.3 Å². The summed E-state index contributed by atoms with van der Waals surface area (Å²) in [6.45, 7) is 9.69. The molecule has 2 atom stereocenters. The Kier molecular flexibility index (Phi) is 2.94. The number of nitrogens with zero attached hydrogens (tertiary/aromatic N) is 1. The maximum Gasteiger partial charge on any atom is 0.139 e. The number of fused-ring (bicyclic) bond motifs is 6. The van der Waals surface area contributed by atoms with Crippen LogP contribution < -0.4 is 0 Å². The molecule has 0 amide bonds. The summed E-state index contributed by atoms with van der Waals surface area (Å²) in [5, 5.41) is 2.52. The predicted molar refractivity (Wildman–Crippen MR) is 99.6 cm³/mol. The van der Waals surface area contributed by atoms with E-state index in [0.717, 1.165) is 11.2 Å². The van der Waals surface area contributed by atoms with Gasteiger partial charge in [-0.1, -0.05) is 37.3 Å². The summed E-state index contributed by atoms with van der Waals surface area (Å²) in [6, 6.07) is 13.6. The summed E-state index contributed by atoms with van der Waals surface area (Å²) in [4.78, 5) is 2.68. The highest BCUT2D eigenvalue weighted by Crippen LogP contribution is 2.54. The molecule has 0 aliphatic carbocycles. The second-order valence-corrected chi connectivity index (χ2v) is 8.18. The van der Waals surface area contributed by atoms with E-state index >= 15 is 0 Å². The van der Waals surface area contributed by atoms with Crippen LogP contribution in [0.5, 0.6) is 0 Å². The molecule has 124 valence electrons. The lowest BCUT2D eigenvalue weighted by Gasteiger charge is -2.56. The largest absolute Gasteiger partial charge is 0.456 e. The van der Waals surface area contributed by atoms with Gasteiger partial charge in [-0.05, 0) is 56.8 Å². The topological polar surface area (TPSA) is 16.4 Å². The van der Waals surface area contributed by atoms with E-state index in [9.17, 15) is 0 Å². The highest BCUT2D eigenvalue weighted by molar-refractivity contribution is 6.06. The first-order valence-electron chi connectivity index (χ1n) is 9.23. The Morgan fingerprint density at radius 3 is 2.54 bits per heavy atom. The van der Waals surface area contributed by atoms with Crippen LogP contribution >= 0.6 is 0 Å². The van der Waals surface area contributed by atoms with Crippen LogP contribution in [0.3, 0.4) is 0 Å². The average Bonchev–Trinajstić information content (AvgIpc) is 2.95. The van der Waals surface area contributed by atoms with Crippen LogP contribution in [0.25, 0.3) is 21.9 Å². The Labute approximate surface area is 143 Å². The second kappa shape index (κ2) is 4.86. The molecule has 1 unspecified atom stereocenters.